The zero-order valence-corrected chi connectivity index (χ0v) is 15.7. The number of carbonyl (C=O) groups excluding carboxylic acids is 2. The summed E-state index contributed by atoms with van der Waals surface area (Å²) in [6.07, 6.45) is 0.322. The van der Waals surface area contributed by atoms with Gasteiger partial charge in [-0.3, -0.25) is 14.4 Å². The molecule has 1 amide bonds. The van der Waals surface area contributed by atoms with E-state index in [4.69, 9.17) is 9.84 Å². The summed E-state index contributed by atoms with van der Waals surface area (Å²) in [6.45, 7) is -0.709. The van der Waals surface area contributed by atoms with Crippen molar-refractivity contribution in [3.63, 3.8) is 0 Å². The lowest BCUT2D eigenvalue weighted by atomic mass is 10.0. The molecule has 3 N–H and O–H groups in total. The van der Waals surface area contributed by atoms with Crippen LogP contribution in [-0.2, 0) is 9.59 Å². The highest BCUT2D eigenvalue weighted by molar-refractivity contribution is 6.27. The minimum atomic E-state index is -1.30. The van der Waals surface area contributed by atoms with Crippen molar-refractivity contribution in [3.8, 4) is 11.5 Å². The second-order valence-electron chi connectivity index (χ2n) is 6.05. The van der Waals surface area contributed by atoms with Crippen molar-refractivity contribution in [1.82, 2.24) is 5.32 Å². The van der Waals surface area contributed by atoms with E-state index >= 15 is 0 Å². The molecule has 0 radical (unpaired) electrons. The van der Waals surface area contributed by atoms with Crippen molar-refractivity contribution in [2.45, 2.75) is 0 Å². The number of aliphatic hydroxyl groups is 1. The average Bonchev–Trinajstić information content (AvgIpc) is 2.68. The molecular formula is C20H19FN2O6. The van der Waals surface area contributed by atoms with Gasteiger partial charge in [0.25, 0.3) is 5.91 Å². The number of aliphatic hydroxyl groups excluding tert-OH is 1. The predicted molar refractivity (Wildman–Crippen MR) is 103 cm³/mol. The van der Waals surface area contributed by atoms with Gasteiger partial charge in [-0.1, -0.05) is 12.1 Å². The molecule has 2 aromatic rings. The van der Waals surface area contributed by atoms with Crippen molar-refractivity contribution in [2.24, 2.45) is 0 Å². The van der Waals surface area contributed by atoms with Gasteiger partial charge in [-0.05, 0) is 24.3 Å². The van der Waals surface area contributed by atoms with Crippen LogP contribution in [0.2, 0.25) is 0 Å². The molecule has 9 heteroatoms. The standard InChI is InChI=1S/C20H19FN2O6/c1-23(2)16-9-12(29-17-6-4-3-5-15(17)21)7-8-13(16)19(27)14(11-24)20(28)22-10-18(25)26/h3-9,11,24H,10H2,1-2H3,(H,22,28)(H,25,26). The van der Waals surface area contributed by atoms with E-state index in [-0.39, 0.29) is 17.1 Å². The number of anilines is 1. The van der Waals surface area contributed by atoms with Gasteiger partial charge in [0.1, 0.15) is 17.9 Å². The van der Waals surface area contributed by atoms with E-state index in [0.717, 1.165) is 0 Å². The third kappa shape index (κ3) is 5.32. The molecule has 0 aromatic heterocycles. The second kappa shape index (κ2) is 9.36. The minimum absolute atomic E-state index is 0.000254. The number of carboxylic acids is 1. The molecule has 0 atom stereocenters. The molecule has 29 heavy (non-hydrogen) atoms. The number of benzene rings is 2. The van der Waals surface area contributed by atoms with Crippen LogP contribution in [0.15, 0.2) is 54.3 Å². The molecule has 0 saturated heterocycles. The Bertz CT molecular complexity index is 971. The highest BCUT2D eigenvalue weighted by Gasteiger charge is 2.24. The van der Waals surface area contributed by atoms with Crippen LogP contribution >= 0.6 is 0 Å². The number of ether oxygens (including phenoxy) is 1. The largest absolute Gasteiger partial charge is 0.515 e. The fourth-order valence-corrected chi connectivity index (χ4v) is 2.41. The SMILES string of the molecule is CN(C)c1cc(Oc2ccccc2F)ccc1C(=O)C(=CO)C(=O)NCC(=O)O. The van der Waals surface area contributed by atoms with Gasteiger partial charge < -0.3 is 25.2 Å². The average molecular weight is 402 g/mol. The number of carboxylic acid groups (broad SMARTS) is 1. The summed E-state index contributed by atoms with van der Waals surface area (Å²) >= 11 is 0. The fraction of sp³-hybridized carbons (Fsp3) is 0.150. The van der Waals surface area contributed by atoms with Crippen molar-refractivity contribution in [2.75, 3.05) is 25.5 Å². The maximum Gasteiger partial charge on any atom is 0.322 e. The number of nitrogens with zero attached hydrogens (tertiary/aromatic N) is 1. The number of halogens is 1. The van der Waals surface area contributed by atoms with Crippen molar-refractivity contribution in [3.05, 3.63) is 65.7 Å². The maximum absolute atomic E-state index is 13.8. The van der Waals surface area contributed by atoms with Crippen LogP contribution in [0.4, 0.5) is 10.1 Å². The van der Waals surface area contributed by atoms with E-state index in [0.29, 0.717) is 11.9 Å². The Labute approximate surface area is 165 Å². The molecule has 0 saturated carbocycles. The molecule has 152 valence electrons. The summed E-state index contributed by atoms with van der Waals surface area (Å²) < 4.78 is 19.3. The van der Waals surface area contributed by atoms with Gasteiger partial charge in [0.2, 0.25) is 5.78 Å². The number of nitrogens with one attached hydrogen (secondary N) is 1. The molecule has 2 rings (SSSR count). The Morgan fingerprint density at radius 2 is 1.86 bits per heavy atom. The number of amides is 1. The molecule has 0 unspecified atom stereocenters. The Morgan fingerprint density at radius 3 is 2.45 bits per heavy atom. The lowest BCUT2D eigenvalue weighted by molar-refractivity contribution is -0.137. The highest BCUT2D eigenvalue weighted by atomic mass is 19.1. The van der Waals surface area contributed by atoms with Crippen LogP contribution in [0.25, 0.3) is 0 Å². The maximum atomic E-state index is 13.8. The smallest absolute Gasteiger partial charge is 0.322 e. The van der Waals surface area contributed by atoms with Crippen LogP contribution in [0, 0.1) is 5.82 Å². The van der Waals surface area contributed by atoms with E-state index in [1.807, 2.05) is 5.32 Å². The fourth-order valence-electron chi connectivity index (χ4n) is 2.41. The van der Waals surface area contributed by atoms with Crippen LogP contribution in [0.1, 0.15) is 10.4 Å². The van der Waals surface area contributed by atoms with Crippen LogP contribution < -0.4 is 15.0 Å². The first kappa shape index (κ1) is 21.4. The zero-order chi connectivity index (χ0) is 21.6. The summed E-state index contributed by atoms with van der Waals surface area (Å²) in [5.41, 5.74) is -0.229. The number of ketones is 1. The monoisotopic (exact) mass is 402 g/mol. The lowest BCUT2D eigenvalue weighted by Crippen LogP contribution is -2.33. The van der Waals surface area contributed by atoms with Crippen molar-refractivity contribution >= 4 is 23.3 Å². The molecule has 0 aliphatic heterocycles. The first-order valence-electron chi connectivity index (χ1n) is 8.37. The molecule has 0 spiro atoms. The van der Waals surface area contributed by atoms with E-state index in [1.54, 1.807) is 25.1 Å². The van der Waals surface area contributed by atoms with E-state index in [9.17, 15) is 23.9 Å². The zero-order valence-electron chi connectivity index (χ0n) is 15.7. The first-order valence-corrected chi connectivity index (χ1v) is 8.37. The quantitative estimate of drug-likeness (QED) is 0.204. The molecule has 0 bridgehead atoms. The summed E-state index contributed by atoms with van der Waals surface area (Å²) in [7, 11) is 3.29. The topological polar surface area (TPSA) is 116 Å². The molecule has 0 fully saturated rings. The van der Waals surface area contributed by atoms with Gasteiger partial charge in [0, 0.05) is 25.7 Å². The molecular weight excluding hydrogens is 383 g/mol. The number of para-hydroxylation sites is 1. The normalized spacial score (nSPS) is 10.9. The summed E-state index contributed by atoms with van der Waals surface area (Å²) in [6, 6.07) is 10.1. The van der Waals surface area contributed by atoms with Gasteiger partial charge >= 0.3 is 5.97 Å². The number of rotatable bonds is 8. The number of hydrogen-bond donors (Lipinski definition) is 3. The van der Waals surface area contributed by atoms with Crippen LogP contribution in [0.3, 0.4) is 0 Å². The molecule has 8 nitrogen and oxygen atoms in total. The Balaban J connectivity index is 2.34. The van der Waals surface area contributed by atoms with Gasteiger partial charge in [-0.15, -0.1) is 0 Å². The van der Waals surface area contributed by atoms with Crippen molar-refractivity contribution < 1.29 is 33.7 Å². The molecule has 0 heterocycles. The Hall–Kier alpha value is -3.88. The van der Waals surface area contributed by atoms with E-state index in [2.05, 4.69) is 0 Å². The molecule has 0 aliphatic carbocycles. The highest BCUT2D eigenvalue weighted by Crippen LogP contribution is 2.31. The predicted octanol–water partition coefficient (Wildman–Crippen LogP) is 2.51. The number of hydrogen-bond acceptors (Lipinski definition) is 6. The Kier molecular flexibility index (Phi) is 6.91. The summed E-state index contributed by atoms with van der Waals surface area (Å²) in [4.78, 5) is 36.9. The number of Topliss-reactive ketones (excluding diaryl/α,β-unsaturated/α-hetero) is 1. The minimum Gasteiger partial charge on any atom is -0.515 e. The van der Waals surface area contributed by atoms with Crippen LogP contribution in [0.5, 0.6) is 11.5 Å². The lowest BCUT2D eigenvalue weighted by Gasteiger charge is -2.19. The first-order chi connectivity index (χ1) is 13.7. The Morgan fingerprint density at radius 1 is 1.17 bits per heavy atom. The van der Waals surface area contributed by atoms with E-state index in [1.165, 1.54) is 36.4 Å². The van der Waals surface area contributed by atoms with Gasteiger partial charge in [0.05, 0.1) is 11.9 Å². The summed E-state index contributed by atoms with van der Waals surface area (Å²) in [5, 5.41) is 20.0. The van der Waals surface area contributed by atoms with Crippen LogP contribution in [-0.4, -0.2) is 48.5 Å². The molecule has 2 aromatic carbocycles. The second-order valence-corrected chi connectivity index (χ2v) is 6.05. The third-order valence-electron chi connectivity index (χ3n) is 3.78. The van der Waals surface area contributed by atoms with Crippen molar-refractivity contribution in [1.29, 1.82) is 0 Å². The van der Waals surface area contributed by atoms with Gasteiger partial charge in [-0.25, -0.2) is 4.39 Å². The van der Waals surface area contributed by atoms with Gasteiger partial charge in [0.15, 0.2) is 11.6 Å². The third-order valence-corrected chi connectivity index (χ3v) is 3.78. The van der Waals surface area contributed by atoms with E-state index < -0.39 is 35.6 Å². The summed E-state index contributed by atoms with van der Waals surface area (Å²) in [5.74, 6) is -3.46. The molecule has 0 aliphatic rings. The number of carbonyl (C=O) groups is 3. The number of aliphatic carboxylic acids is 1. The van der Waals surface area contributed by atoms with Gasteiger partial charge in [-0.2, -0.15) is 0 Å².